The maximum atomic E-state index is 6.74. The van der Waals surface area contributed by atoms with Gasteiger partial charge in [-0.2, -0.15) is 0 Å². The molecule has 0 radical (unpaired) electrons. The molecule has 46 heavy (non-hydrogen) atoms. The molecule has 0 fully saturated rings. The van der Waals surface area contributed by atoms with Crippen LogP contribution in [-0.2, 0) is 5.41 Å². The molecule has 8 aromatic rings. The van der Waals surface area contributed by atoms with Crippen molar-refractivity contribution in [1.82, 2.24) is 15.0 Å². The van der Waals surface area contributed by atoms with E-state index in [1.54, 1.807) is 0 Å². The third-order valence-corrected chi connectivity index (χ3v) is 9.36. The van der Waals surface area contributed by atoms with Gasteiger partial charge in [-0.3, -0.25) is 0 Å². The zero-order chi connectivity index (χ0) is 30.8. The molecule has 0 N–H and O–H groups in total. The Labute approximate surface area is 267 Å². The summed E-state index contributed by atoms with van der Waals surface area (Å²) in [5, 5.41) is 2.10. The van der Waals surface area contributed by atoms with Crippen LogP contribution in [0.15, 0.2) is 144 Å². The average Bonchev–Trinajstić information content (AvgIpc) is 3.61. The summed E-state index contributed by atoms with van der Waals surface area (Å²) in [7, 11) is 0. The predicted molar refractivity (Wildman–Crippen MR) is 186 cm³/mol. The quantitative estimate of drug-likeness (QED) is 0.204. The van der Waals surface area contributed by atoms with E-state index in [0.29, 0.717) is 17.5 Å². The van der Waals surface area contributed by atoms with Crippen molar-refractivity contribution < 1.29 is 4.42 Å². The van der Waals surface area contributed by atoms with Gasteiger partial charge in [-0.15, -0.1) is 0 Å². The molecule has 0 atom stereocenters. The van der Waals surface area contributed by atoms with E-state index in [4.69, 9.17) is 19.4 Å². The summed E-state index contributed by atoms with van der Waals surface area (Å²) in [5.74, 6) is 1.84. The Kier molecular flexibility index (Phi) is 5.81. The van der Waals surface area contributed by atoms with Gasteiger partial charge in [-0.05, 0) is 39.9 Å². The zero-order valence-electron chi connectivity index (χ0n) is 25.5. The smallest absolute Gasteiger partial charge is 0.167 e. The number of rotatable bonds is 4. The summed E-state index contributed by atoms with van der Waals surface area (Å²) in [6.07, 6.45) is 0. The van der Waals surface area contributed by atoms with Crippen molar-refractivity contribution in [1.29, 1.82) is 0 Å². The second-order valence-corrected chi connectivity index (χ2v) is 12.4. The number of aromatic nitrogens is 3. The standard InChI is InChI=1S/C42H29N3O/c1-42(2)35-22-10-9-17-30(35)31-24-23-28(25-36(31)42)40-43-39(27-15-7-4-8-16-27)44-41(45-40)34-21-12-20-33-32-19-11-18-29(37(32)46-38(33)34)26-13-5-3-6-14-26/h3-25H,1-2H3. The maximum Gasteiger partial charge on any atom is 0.167 e. The van der Waals surface area contributed by atoms with Gasteiger partial charge in [0, 0.05) is 32.9 Å². The lowest BCUT2D eigenvalue weighted by atomic mass is 9.82. The van der Waals surface area contributed by atoms with Gasteiger partial charge in [0.2, 0.25) is 0 Å². The molecule has 4 heteroatoms. The van der Waals surface area contributed by atoms with E-state index in [0.717, 1.165) is 49.8 Å². The first-order chi connectivity index (χ1) is 22.6. The summed E-state index contributed by atoms with van der Waals surface area (Å²) in [6.45, 7) is 4.59. The Balaban J connectivity index is 1.26. The fourth-order valence-corrected chi connectivity index (χ4v) is 7.03. The highest BCUT2D eigenvalue weighted by atomic mass is 16.3. The van der Waals surface area contributed by atoms with E-state index in [1.807, 2.05) is 42.5 Å². The number of hydrogen-bond donors (Lipinski definition) is 0. The van der Waals surface area contributed by atoms with Crippen LogP contribution in [0.2, 0.25) is 0 Å². The van der Waals surface area contributed by atoms with Crippen LogP contribution in [0.4, 0.5) is 0 Å². The largest absolute Gasteiger partial charge is 0.455 e. The second-order valence-electron chi connectivity index (χ2n) is 12.4. The number of hydrogen-bond acceptors (Lipinski definition) is 4. The molecule has 0 saturated carbocycles. The van der Waals surface area contributed by atoms with Gasteiger partial charge < -0.3 is 4.42 Å². The molecule has 0 bridgehead atoms. The minimum Gasteiger partial charge on any atom is -0.455 e. The van der Waals surface area contributed by atoms with Crippen LogP contribution in [0.25, 0.3) is 78.4 Å². The molecular weight excluding hydrogens is 562 g/mol. The fraction of sp³-hybridized carbons (Fsp3) is 0.0714. The molecule has 9 rings (SSSR count). The Morgan fingerprint density at radius 2 is 0.957 bits per heavy atom. The molecule has 1 aliphatic carbocycles. The van der Waals surface area contributed by atoms with E-state index in [1.165, 1.54) is 22.3 Å². The van der Waals surface area contributed by atoms with Crippen molar-refractivity contribution in [3.63, 3.8) is 0 Å². The number of para-hydroxylation sites is 2. The molecule has 6 aromatic carbocycles. The number of fused-ring (bicyclic) bond motifs is 6. The van der Waals surface area contributed by atoms with Gasteiger partial charge >= 0.3 is 0 Å². The molecular formula is C42H29N3O. The van der Waals surface area contributed by atoms with Gasteiger partial charge in [0.15, 0.2) is 17.5 Å². The van der Waals surface area contributed by atoms with Crippen molar-refractivity contribution >= 4 is 21.9 Å². The highest BCUT2D eigenvalue weighted by Gasteiger charge is 2.35. The summed E-state index contributed by atoms with van der Waals surface area (Å²) < 4.78 is 6.74. The molecule has 0 spiro atoms. The first-order valence-corrected chi connectivity index (χ1v) is 15.6. The van der Waals surface area contributed by atoms with Gasteiger partial charge in [0.25, 0.3) is 0 Å². The topological polar surface area (TPSA) is 51.8 Å². The van der Waals surface area contributed by atoms with Gasteiger partial charge in [-0.25, -0.2) is 15.0 Å². The van der Waals surface area contributed by atoms with Crippen LogP contribution in [0, 0.1) is 0 Å². The van der Waals surface area contributed by atoms with Crippen molar-refractivity contribution in [2.75, 3.05) is 0 Å². The highest BCUT2D eigenvalue weighted by Crippen LogP contribution is 2.49. The molecule has 2 heterocycles. The summed E-state index contributed by atoms with van der Waals surface area (Å²) in [6, 6.07) is 48.3. The lowest BCUT2D eigenvalue weighted by Crippen LogP contribution is -2.15. The van der Waals surface area contributed by atoms with Crippen molar-refractivity contribution in [3.05, 3.63) is 151 Å². The number of nitrogens with zero attached hydrogens (tertiary/aromatic N) is 3. The predicted octanol–water partition coefficient (Wildman–Crippen LogP) is 10.7. The zero-order valence-corrected chi connectivity index (χ0v) is 25.5. The summed E-state index contributed by atoms with van der Waals surface area (Å²) in [4.78, 5) is 15.2. The monoisotopic (exact) mass is 591 g/mol. The third-order valence-electron chi connectivity index (χ3n) is 9.36. The van der Waals surface area contributed by atoms with Crippen molar-refractivity contribution in [2.24, 2.45) is 0 Å². The highest BCUT2D eigenvalue weighted by molar-refractivity contribution is 6.12. The summed E-state index contributed by atoms with van der Waals surface area (Å²) in [5.41, 5.74) is 11.6. The van der Waals surface area contributed by atoms with E-state index in [9.17, 15) is 0 Å². The number of furan rings is 1. The lowest BCUT2D eigenvalue weighted by Gasteiger charge is -2.21. The fourth-order valence-electron chi connectivity index (χ4n) is 7.03. The molecule has 0 unspecified atom stereocenters. The van der Waals surface area contributed by atoms with Crippen LogP contribution < -0.4 is 0 Å². The van der Waals surface area contributed by atoms with Crippen LogP contribution in [0.1, 0.15) is 25.0 Å². The Morgan fingerprint density at radius 3 is 1.70 bits per heavy atom. The third kappa shape index (κ3) is 4.04. The molecule has 4 nitrogen and oxygen atoms in total. The average molecular weight is 592 g/mol. The minimum atomic E-state index is -0.129. The van der Waals surface area contributed by atoms with E-state index < -0.39 is 0 Å². The second kappa shape index (κ2) is 10.1. The Hall–Kier alpha value is -5.87. The van der Waals surface area contributed by atoms with Crippen molar-refractivity contribution in [2.45, 2.75) is 19.3 Å². The molecule has 218 valence electrons. The van der Waals surface area contributed by atoms with Crippen LogP contribution in [0.5, 0.6) is 0 Å². The molecule has 1 aliphatic rings. The van der Waals surface area contributed by atoms with Gasteiger partial charge in [0.05, 0.1) is 5.56 Å². The summed E-state index contributed by atoms with van der Waals surface area (Å²) >= 11 is 0. The molecule has 2 aromatic heterocycles. The van der Waals surface area contributed by atoms with E-state index >= 15 is 0 Å². The lowest BCUT2D eigenvalue weighted by molar-refractivity contribution is 0.660. The minimum absolute atomic E-state index is 0.129. The van der Waals surface area contributed by atoms with E-state index in [2.05, 4.69) is 111 Å². The molecule has 0 amide bonds. The van der Waals surface area contributed by atoms with Crippen LogP contribution in [-0.4, -0.2) is 15.0 Å². The van der Waals surface area contributed by atoms with E-state index in [-0.39, 0.29) is 5.41 Å². The molecule has 0 saturated heterocycles. The Bertz CT molecular complexity index is 2440. The van der Waals surface area contributed by atoms with Crippen LogP contribution in [0.3, 0.4) is 0 Å². The first kappa shape index (κ1) is 26.5. The molecule has 0 aliphatic heterocycles. The SMILES string of the molecule is CC1(C)c2ccccc2-c2ccc(-c3nc(-c4ccccc4)nc(-c4cccc5c4oc4c(-c6ccccc6)cccc45)n3)cc21. The maximum absolute atomic E-state index is 6.74. The van der Waals surface area contributed by atoms with Crippen molar-refractivity contribution in [3.8, 4) is 56.4 Å². The Morgan fingerprint density at radius 1 is 0.413 bits per heavy atom. The van der Waals surface area contributed by atoms with Gasteiger partial charge in [-0.1, -0.05) is 141 Å². The number of benzene rings is 6. The van der Waals surface area contributed by atoms with Crippen LogP contribution >= 0.6 is 0 Å². The normalized spacial score (nSPS) is 13.2. The van der Waals surface area contributed by atoms with Gasteiger partial charge in [0.1, 0.15) is 11.2 Å². The first-order valence-electron chi connectivity index (χ1n) is 15.6.